The SMILES string of the molecule is COc1ccc(C(Br)Cc2ccccn2)cc1Br. The van der Waals surface area contributed by atoms with Crippen molar-refractivity contribution in [2.24, 2.45) is 0 Å². The summed E-state index contributed by atoms with van der Waals surface area (Å²) < 4.78 is 6.19. The van der Waals surface area contributed by atoms with Crippen LogP contribution in [0.25, 0.3) is 0 Å². The number of rotatable bonds is 4. The Morgan fingerprint density at radius 3 is 2.72 bits per heavy atom. The molecule has 18 heavy (non-hydrogen) atoms. The highest BCUT2D eigenvalue weighted by Gasteiger charge is 2.11. The molecule has 0 amide bonds. The van der Waals surface area contributed by atoms with Crippen molar-refractivity contribution >= 4 is 31.9 Å². The van der Waals surface area contributed by atoms with Crippen molar-refractivity contribution in [3.63, 3.8) is 0 Å². The van der Waals surface area contributed by atoms with Crippen LogP contribution in [0.5, 0.6) is 5.75 Å². The fourth-order valence-electron chi connectivity index (χ4n) is 1.70. The molecule has 0 aliphatic carbocycles. The first kappa shape index (κ1) is 13.6. The lowest BCUT2D eigenvalue weighted by atomic mass is 10.1. The Bertz CT molecular complexity index is 516. The Hall–Kier alpha value is -0.870. The molecule has 0 N–H and O–H groups in total. The first-order valence-electron chi connectivity index (χ1n) is 5.58. The molecule has 1 heterocycles. The molecule has 1 unspecified atom stereocenters. The average Bonchev–Trinajstić information content (AvgIpc) is 2.39. The van der Waals surface area contributed by atoms with Crippen LogP contribution in [0, 0.1) is 0 Å². The minimum Gasteiger partial charge on any atom is -0.496 e. The zero-order valence-corrected chi connectivity index (χ0v) is 13.1. The number of benzene rings is 1. The largest absolute Gasteiger partial charge is 0.496 e. The third-order valence-corrected chi connectivity index (χ3v) is 4.12. The number of nitrogens with zero attached hydrogens (tertiary/aromatic N) is 1. The second-order valence-corrected chi connectivity index (χ2v) is 5.85. The van der Waals surface area contributed by atoms with E-state index in [0.717, 1.165) is 22.3 Å². The van der Waals surface area contributed by atoms with Crippen molar-refractivity contribution in [1.29, 1.82) is 0 Å². The zero-order chi connectivity index (χ0) is 13.0. The van der Waals surface area contributed by atoms with Crippen LogP contribution in [-0.4, -0.2) is 12.1 Å². The number of aromatic nitrogens is 1. The second-order valence-electron chi connectivity index (χ2n) is 3.89. The number of hydrogen-bond acceptors (Lipinski definition) is 2. The lowest BCUT2D eigenvalue weighted by Gasteiger charge is -2.11. The van der Waals surface area contributed by atoms with E-state index in [4.69, 9.17) is 4.74 Å². The molecule has 0 aliphatic heterocycles. The van der Waals surface area contributed by atoms with Gasteiger partial charge in [-0.1, -0.05) is 28.1 Å². The summed E-state index contributed by atoms with van der Waals surface area (Å²) in [7, 11) is 1.67. The molecule has 2 aromatic rings. The summed E-state index contributed by atoms with van der Waals surface area (Å²) in [6, 6.07) is 12.1. The number of pyridine rings is 1. The van der Waals surface area contributed by atoms with Crippen LogP contribution >= 0.6 is 31.9 Å². The third kappa shape index (κ3) is 3.33. The maximum atomic E-state index is 5.22. The molecule has 2 nitrogen and oxygen atoms in total. The van der Waals surface area contributed by atoms with Gasteiger partial charge < -0.3 is 4.74 Å². The Kier molecular flexibility index (Phi) is 4.78. The third-order valence-electron chi connectivity index (χ3n) is 2.65. The predicted molar refractivity (Wildman–Crippen MR) is 80.3 cm³/mol. The molecule has 0 saturated carbocycles. The standard InChI is InChI=1S/C14H13Br2NO/c1-18-14-6-5-10(8-13(14)16)12(15)9-11-4-2-3-7-17-11/h2-8,12H,9H2,1H3. The van der Waals surface area contributed by atoms with Crippen LogP contribution in [0.3, 0.4) is 0 Å². The van der Waals surface area contributed by atoms with Crippen molar-refractivity contribution in [3.8, 4) is 5.75 Å². The maximum Gasteiger partial charge on any atom is 0.133 e. The molecule has 4 heteroatoms. The quantitative estimate of drug-likeness (QED) is 0.737. The van der Waals surface area contributed by atoms with Gasteiger partial charge in [0.05, 0.1) is 11.6 Å². The first-order valence-corrected chi connectivity index (χ1v) is 7.29. The molecular weight excluding hydrogens is 358 g/mol. The van der Waals surface area contributed by atoms with Gasteiger partial charge in [-0.15, -0.1) is 0 Å². The van der Waals surface area contributed by atoms with Gasteiger partial charge in [-0.2, -0.15) is 0 Å². The zero-order valence-electron chi connectivity index (χ0n) is 9.94. The minimum atomic E-state index is 0.245. The number of alkyl halides is 1. The molecule has 0 radical (unpaired) electrons. The molecule has 0 fully saturated rings. The Morgan fingerprint density at radius 2 is 2.11 bits per heavy atom. The maximum absolute atomic E-state index is 5.22. The molecule has 0 saturated heterocycles. The summed E-state index contributed by atoms with van der Waals surface area (Å²) in [4.78, 5) is 4.58. The summed E-state index contributed by atoms with van der Waals surface area (Å²) in [6.45, 7) is 0. The molecule has 0 aliphatic rings. The minimum absolute atomic E-state index is 0.245. The van der Waals surface area contributed by atoms with E-state index >= 15 is 0 Å². The van der Waals surface area contributed by atoms with E-state index in [-0.39, 0.29) is 4.83 Å². The Labute approximate surface area is 124 Å². The second kappa shape index (κ2) is 6.34. The lowest BCUT2D eigenvalue weighted by molar-refractivity contribution is 0.412. The van der Waals surface area contributed by atoms with Crippen molar-refractivity contribution in [3.05, 3.63) is 58.3 Å². The van der Waals surface area contributed by atoms with Gasteiger partial charge in [0, 0.05) is 23.1 Å². The van der Waals surface area contributed by atoms with E-state index in [1.807, 2.05) is 30.5 Å². The molecule has 0 bridgehead atoms. The Balaban J connectivity index is 2.14. The fraction of sp³-hybridized carbons (Fsp3) is 0.214. The van der Waals surface area contributed by atoms with E-state index in [9.17, 15) is 0 Å². The molecule has 1 atom stereocenters. The highest BCUT2D eigenvalue weighted by Crippen LogP contribution is 2.32. The molecule has 94 valence electrons. The van der Waals surface area contributed by atoms with Gasteiger partial charge in [-0.3, -0.25) is 4.98 Å². The normalized spacial score (nSPS) is 12.2. The molecule has 0 spiro atoms. The predicted octanol–water partition coefficient (Wildman–Crippen LogP) is 4.53. The molecule has 1 aromatic heterocycles. The van der Waals surface area contributed by atoms with Gasteiger partial charge >= 0.3 is 0 Å². The number of halogens is 2. The van der Waals surface area contributed by atoms with E-state index in [1.165, 1.54) is 5.56 Å². The van der Waals surface area contributed by atoms with Gasteiger partial charge in [0.2, 0.25) is 0 Å². The highest BCUT2D eigenvalue weighted by molar-refractivity contribution is 9.10. The first-order chi connectivity index (χ1) is 8.70. The van der Waals surface area contributed by atoms with Crippen LogP contribution in [0.1, 0.15) is 16.1 Å². The lowest BCUT2D eigenvalue weighted by Crippen LogP contribution is -1.98. The van der Waals surface area contributed by atoms with Crippen LogP contribution in [0.4, 0.5) is 0 Å². The van der Waals surface area contributed by atoms with Gasteiger partial charge in [-0.05, 0) is 45.8 Å². The molecular formula is C14H13Br2NO. The fourth-order valence-corrected chi connectivity index (χ4v) is 2.87. The van der Waals surface area contributed by atoms with Gasteiger partial charge in [0.1, 0.15) is 5.75 Å². The van der Waals surface area contributed by atoms with E-state index < -0.39 is 0 Å². The van der Waals surface area contributed by atoms with Crippen molar-refractivity contribution < 1.29 is 4.74 Å². The van der Waals surface area contributed by atoms with Crippen LogP contribution < -0.4 is 4.74 Å². The van der Waals surface area contributed by atoms with Crippen LogP contribution in [-0.2, 0) is 6.42 Å². The number of methoxy groups -OCH3 is 1. The van der Waals surface area contributed by atoms with Crippen LogP contribution in [0.15, 0.2) is 47.1 Å². The van der Waals surface area contributed by atoms with E-state index in [1.54, 1.807) is 7.11 Å². The van der Waals surface area contributed by atoms with Crippen molar-refractivity contribution in [2.75, 3.05) is 7.11 Å². The van der Waals surface area contributed by atoms with E-state index in [0.29, 0.717) is 0 Å². The highest BCUT2D eigenvalue weighted by atomic mass is 79.9. The van der Waals surface area contributed by atoms with Crippen molar-refractivity contribution in [1.82, 2.24) is 4.98 Å². The van der Waals surface area contributed by atoms with Crippen molar-refractivity contribution in [2.45, 2.75) is 11.2 Å². The van der Waals surface area contributed by atoms with Crippen LogP contribution in [0.2, 0.25) is 0 Å². The summed E-state index contributed by atoms with van der Waals surface area (Å²) in [5.74, 6) is 0.844. The number of hydrogen-bond donors (Lipinski definition) is 0. The summed E-state index contributed by atoms with van der Waals surface area (Å²) in [6.07, 6.45) is 2.68. The van der Waals surface area contributed by atoms with Gasteiger partial charge in [0.15, 0.2) is 0 Å². The van der Waals surface area contributed by atoms with E-state index in [2.05, 4.69) is 49.0 Å². The monoisotopic (exact) mass is 369 g/mol. The smallest absolute Gasteiger partial charge is 0.133 e. The summed E-state index contributed by atoms with van der Waals surface area (Å²) in [5.41, 5.74) is 2.28. The topological polar surface area (TPSA) is 22.1 Å². The average molecular weight is 371 g/mol. The van der Waals surface area contributed by atoms with Gasteiger partial charge in [-0.25, -0.2) is 0 Å². The number of ether oxygens (including phenoxy) is 1. The Morgan fingerprint density at radius 1 is 1.28 bits per heavy atom. The summed E-state index contributed by atoms with van der Waals surface area (Å²) in [5, 5.41) is 0. The molecule has 2 rings (SSSR count). The summed E-state index contributed by atoms with van der Waals surface area (Å²) >= 11 is 7.20. The molecule has 1 aromatic carbocycles. The van der Waals surface area contributed by atoms with Gasteiger partial charge in [0.25, 0.3) is 0 Å².